The SMILES string of the molecule is COc1cc(S(=O)(=O)Nc2ccnn2Cc2ccc(C)o2)ccc1F. The van der Waals surface area contributed by atoms with Crippen molar-refractivity contribution in [2.45, 2.75) is 18.4 Å². The zero-order valence-electron chi connectivity index (χ0n) is 13.6. The van der Waals surface area contributed by atoms with Gasteiger partial charge in [-0.3, -0.25) is 4.72 Å². The lowest BCUT2D eigenvalue weighted by molar-refractivity contribution is 0.385. The minimum Gasteiger partial charge on any atom is -0.494 e. The molecule has 1 N–H and O–H groups in total. The zero-order valence-corrected chi connectivity index (χ0v) is 14.4. The second-order valence-electron chi connectivity index (χ2n) is 5.29. The monoisotopic (exact) mass is 365 g/mol. The number of benzene rings is 1. The van der Waals surface area contributed by atoms with Crippen LogP contribution in [0.3, 0.4) is 0 Å². The minimum absolute atomic E-state index is 0.118. The molecule has 0 spiro atoms. The molecule has 0 radical (unpaired) electrons. The van der Waals surface area contributed by atoms with Crippen molar-refractivity contribution in [2.24, 2.45) is 0 Å². The number of furan rings is 1. The van der Waals surface area contributed by atoms with Crippen LogP contribution in [0.1, 0.15) is 11.5 Å². The summed E-state index contributed by atoms with van der Waals surface area (Å²) in [6, 6.07) is 8.45. The maximum Gasteiger partial charge on any atom is 0.263 e. The molecule has 0 bridgehead atoms. The van der Waals surface area contributed by atoms with Crippen LogP contribution in [-0.2, 0) is 16.6 Å². The van der Waals surface area contributed by atoms with Crippen LogP contribution in [0.4, 0.5) is 10.2 Å². The van der Waals surface area contributed by atoms with Crippen molar-refractivity contribution in [1.82, 2.24) is 9.78 Å². The Balaban J connectivity index is 1.85. The van der Waals surface area contributed by atoms with Gasteiger partial charge in [-0.15, -0.1) is 0 Å². The van der Waals surface area contributed by atoms with E-state index >= 15 is 0 Å². The van der Waals surface area contributed by atoms with E-state index < -0.39 is 15.8 Å². The topological polar surface area (TPSA) is 86.4 Å². The van der Waals surface area contributed by atoms with Crippen molar-refractivity contribution >= 4 is 15.8 Å². The van der Waals surface area contributed by atoms with Crippen molar-refractivity contribution < 1.29 is 22.0 Å². The summed E-state index contributed by atoms with van der Waals surface area (Å²) in [5, 5.41) is 4.09. The maximum absolute atomic E-state index is 13.5. The molecule has 0 unspecified atom stereocenters. The van der Waals surface area contributed by atoms with Crippen molar-refractivity contribution in [1.29, 1.82) is 0 Å². The molecule has 0 aliphatic rings. The highest BCUT2D eigenvalue weighted by molar-refractivity contribution is 7.92. The molecule has 0 saturated carbocycles. The number of aryl methyl sites for hydroxylation is 1. The van der Waals surface area contributed by atoms with Crippen LogP contribution in [0.15, 0.2) is 51.9 Å². The minimum atomic E-state index is -3.93. The molecule has 2 aromatic heterocycles. The first kappa shape index (κ1) is 17.0. The van der Waals surface area contributed by atoms with Crippen LogP contribution in [0, 0.1) is 12.7 Å². The van der Waals surface area contributed by atoms with E-state index in [0.29, 0.717) is 5.76 Å². The lowest BCUT2D eigenvalue weighted by Gasteiger charge is -2.11. The molecule has 25 heavy (non-hydrogen) atoms. The van der Waals surface area contributed by atoms with Crippen molar-refractivity contribution in [3.8, 4) is 5.75 Å². The van der Waals surface area contributed by atoms with E-state index in [1.165, 1.54) is 24.1 Å². The van der Waals surface area contributed by atoms with E-state index in [-0.39, 0.29) is 23.0 Å². The third kappa shape index (κ3) is 3.66. The Labute approximate surface area is 144 Å². The van der Waals surface area contributed by atoms with E-state index in [2.05, 4.69) is 9.82 Å². The predicted molar refractivity (Wildman–Crippen MR) is 88.5 cm³/mol. The molecule has 2 heterocycles. The van der Waals surface area contributed by atoms with Gasteiger partial charge in [-0.1, -0.05) is 0 Å². The third-order valence-corrected chi connectivity index (χ3v) is 4.84. The van der Waals surface area contributed by atoms with Gasteiger partial charge in [0.05, 0.1) is 18.2 Å². The molecular formula is C16H16FN3O4S. The van der Waals surface area contributed by atoms with Crippen LogP contribution in [0.25, 0.3) is 0 Å². The Bertz CT molecular complexity index is 994. The molecule has 0 atom stereocenters. The van der Waals surface area contributed by atoms with Gasteiger partial charge < -0.3 is 9.15 Å². The number of ether oxygens (including phenoxy) is 1. The van der Waals surface area contributed by atoms with Crippen LogP contribution >= 0.6 is 0 Å². The van der Waals surface area contributed by atoms with Crippen molar-refractivity contribution in [2.75, 3.05) is 11.8 Å². The number of hydrogen-bond donors (Lipinski definition) is 1. The molecule has 0 fully saturated rings. The van der Waals surface area contributed by atoms with Gasteiger partial charge >= 0.3 is 0 Å². The standard InChI is InChI=1S/C16H16FN3O4S/c1-11-3-4-12(24-11)10-20-16(7-8-18-20)19-25(21,22)13-5-6-14(17)15(9-13)23-2/h3-9,19H,10H2,1-2H3. The molecular weight excluding hydrogens is 349 g/mol. The summed E-state index contributed by atoms with van der Waals surface area (Å²) in [6.45, 7) is 2.09. The van der Waals surface area contributed by atoms with Gasteiger partial charge in [0.25, 0.3) is 10.0 Å². The van der Waals surface area contributed by atoms with Crippen LogP contribution in [0.2, 0.25) is 0 Å². The lowest BCUT2D eigenvalue weighted by atomic mass is 10.3. The fraction of sp³-hybridized carbons (Fsp3) is 0.188. The third-order valence-electron chi connectivity index (χ3n) is 3.49. The van der Waals surface area contributed by atoms with Gasteiger partial charge in [0.2, 0.25) is 0 Å². The van der Waals surface area contributed by atoms with Gasteiger partial charge in [0, 0.05) is 12.1 Å². The van der Waals surface area contributed by atoms with E-state index in [0.717, 1.165) is 24.0 Å². The van der Waals surface area contributed by atoms with Gasteiger partial charge in [-0.25, -0.2) is 17.5 Å². The number of halogens is 1. The highest BCUT2D eigenvalue weighted by Gasteiger charge is 2.19. The average Bonchev–Trinajstić information content (AvgIpc) is 3.17. The fourth-order valence-corrected chi connectivity index (χ4v) is 3.34. The van der Waals surface area contributed by atoms with Crippen LogP contribution in [-0.4, -0.2) is 25.3 Å². The first-order valence-corrected chi connectivity index (χ1v) is 8.81. The first-order valence-electron chi connectivity index (χ1n) is 7.32. The summed E-state index contributed by atoms with van der Waals surface area (Å²) in [4.78, 5) is -0.118. The maximum atomic E-state index is 13.5. The molecule has 132 valence electrons. The first-order chi connectivity index (χ1) is 11.9. The van der Waals surface area contributed by atoms with Gasteiger partial charge in [-0.05, 0) is 31.2 Å². The molecule has 7 nitrogen and oxygen atoms in total. The summed E-state index contributed by atoms with van der Waals surface area (Å²) in [5.41, 5.74) is 0. The summed E-state index contributed by atoms with van der Waals surface area (Å²) < 4.78 is 52.7. The number of hydrogen-bond acceptors (Lipinski definition) is 5. The van der Waals surface area contributed by atoms with E-state index in [9.17, 15) is 12.8 Å². The Morgan fingerprint density at radius 1 is 1.28 bits per heavy atom. The van der Waals surface area contributed by atoms with Crippen molar-refractivity contribution in [3.63, 3.8) is 0 Å². The van der Waals surface area contributed by atoms with E-state index in [1.807, 2.05) is 13.0 Å². The molecule has 0 amide bonds. The number of nitrogens with zero attached hydrogens (tertiary/aromatic N) is 2. The van der Waals surface area contributed by atoms with E-state index in [4.69, 9.17) is 9.15 Å². The summed E-state index contributed by atoms with van der Waals surface area (Å²) >= 11 is 0. The zero-order chi connectivity index (χ0) is 18.0. The number of methoxy groups -OCH3 is 1. The average molecular weight is 365 g/mol. The van der Waals surface area contributed by atoms with Gasteiger partial charge in [0.1, 0.15) is 23.9 Å². The smallest absolute Gasteiger partial charge is 0.263 e. The number of nitrogens with one attached hydrogen (secondary N) is 1. The van der Waals surface area contributed by atoms with Crippen molar-refractivity contribution in [3.05, 3.63) is 59.9 Å². The summed E-state index contributed by atoms with van der Waals surface area (Å²) in [6.07, 6.45) is 1.47. The second kappa shape index (κ2) is 6.60. The quantitative estimate of drug-likeness (QED) is 0.726. The van der Waals surface area contributed by atoms with Gasteiger partial charge in [0.15, 0.2) is 11.6 Å². The molecule has 0 saturated heterocycles. The lowest BCUT2D eigenvalue weighted by Crippen LogP contribution is -2.17. The van der Waals surface area contributed by atoms with Gasteiger partial charge in [-0.2, -0.15) is 5.10 Å². The molecule has 0 aliphatic carbocycles. The Morgan fingerprint density at radius 3 is 2.76 bits per heavy atom. The Morgan fingerprint density at radius 2 is 2.08 bits per heavy atom. The second-order valence-corrected chi connectivity index (χ2v) is 6.97. The Hall–Kier alpha value is -2.81. The number of aromatic nitrogens is 2. The molecule has 1 aromatic carbocycles. The van der Waals surface area contributed by atoms with Crippen LogP contribution < -0.4 is 9.46 Å². The van der Waals surface area contributed by atoms with Crippen LogP contribution in [0.5, 0.6) is 5.75 Å². The molecule has 0 aliphatic heterocycles. The molecule has 9 heteroatoms. The molecule has 3 rings (SSSR count). The van der Waals surface area contributed by atoms with E-state index in [1.54, 1.807) is 6.07 Å². The largest absolute Gasteiger partial charge is 0.494 e. The predicted octanol–water partition coefficient (Wildman–Crippen LogP) is 2.78. The Kier molecular flexibility index (Phi) is 4.49. The fourth-order valence-electron chi connectivity index (χ4n) is 2.27. The summed E-state index contributed by atoms with van der Waals surface area (Å²) in [7, 11) is -2.66. The normalized spacial score (nSPS) is 11.5. The number of sulfonamides is 1. The highest BCUT2D eigenvalue weighted by Crippen LogP contribution is 2.23. The highest BCUT2D eigenvalue weighted by atomic mass is 32.2. The number of anilines is 1. The summed E-state index contributed by atoms with van der Waals surface area (Å²) in [5.74, 6) is 0.868. The molecule has 3 aromatic rings. The number of rotatable bonds is 6.